The Morgan fingerprint density at radius 2 is 2.19 bits per heavy atom. The SMILES string of the molecule is CC1=NNC(S(=O)(=O)O)N(Cc2cc(F)ccc2Cl)C1=O. The van der Waals surface area contributed by atoms with E-state index in [0.717, 1.165) is 17.0 Å². The van der Waals surface area contributed by atoms with Crippen molar-refractivity contribution in [2.75, 3.05) is 0 Å². The van der Waals surface area contributed by atoms with E-state index in [1.165, 1.54) is 13.0 Å². The van der Waals surface area contributed by atoms with Crippen LogP contribution < -0.4 is 5.43 Å². The zero-order valence-electron chi connectivity index (χ0n) is 10.7. The normalized spacial score (nSPS) is 19.2. The van der Waals surface area contributed by atoms with Crippen LogP contribution in [0.4, 0.5) is 4.39 Å². The maximum absolute atomic E-state index is 13.2. The topological polar surface area (TPSA) is 99.1 Å². The molecular weight excluding hydrogens is 325 g/mol. The summed E-state index contributed by atoms with van der Waals surface area (Å²) in [5, 5.41) is 3.69. The van der Waals surface area contributed by atoms with E-state index in [-0.39, 0.29) is 22.8 Å². The monoisotopic (exact) mass is 335 g/mol. The molecule has 0 saturated heterocycles. The molecule has 1 aliphatic heterocycles. The molecule has 10 heteroatoms. The molecule has 1 atom stereocenters. The summed E-state index contributed by atoms with van der Waals surface area (Å²) in [6.07, 6.45) is 0. The van der Waals surface area contributed by atoms with Crippen molar-refractivity contribution in [1.29, 1.82) is 0 Å². The van der Waals surface area contributed by atoms with Gasteiger partial charge in [-0.2, -0.15) is 13.5 Å². The molecule has 0 aliphatic carbocycles. The van der Waals surface area contributed by atoms with Gasteiger partial charge in [-0.15, -0.1) is 0 Å². The summed E-state index contributed by atoms with van der Waals surface area (Å²) in [6.45, 7) is 1.06. The Hall–Kier alpha value is -1.71. The van der Waals surface area contributed by atoms with Crippen LogP contribution in [0.15, 0.2) is 23.3 Å². The van der Waals surface area contributed by atoms with Crippen molar-refractivity contribution in [1.82, 2.24) is 10.3 Å². The smallest absolute Gasteiger partial charge is 0.296 e. The summed E-state index contributed by atoms with van der Waals surface area (Å²) < 4.78 is 45.0. The molecule has 0 aromatic heterocycles. The Balaban J connectivity index is 2.40. The summed E-state index contributed by atoms with van der Waals surface area (Å²) in [7, 11) is -4.62. The lowest BCUT2D eigenvalue weighted by molar-refractivity contribution is -0.127. The second kappa shape index (κ2) is 5.58. The first-order chi connectivity index (χ1) is 9.70. The molecule has 0 saturated carbocycles. The third kappa shape index (κ3) is 3.31. The molecule has 114 valence electrons. The molecule has 0 bridgehead atoms. The van der Waals surface area contributed by atoms with Crippen LogP contribution in [0.25, 0.3) is 0 Å². The standard InChI is InChI=1S/C11H11ClFN3O4S/c1-6-10(17)16(11(15-14-6)21(18,19)20)5-7-4-8(13)2-3-9(7)12/h2-4,11,15H,5H2,1H3,(H,18,19,20). The summed E-state index contributed by atoms with van der Waals surface area (Å²) in [6, 6.07) is 3.50. The van der Waals surface area contributed by atoms with Crippen LogP contribution in [0, 0.1) is 5.82 Å². The predicted molar refractivity (Wildman–Crippen MR) is 73.5 cm³/mol. The van der Waals surface area contributed by atoms with E-state index in [2.05, 4.69) is 10.5 Å². The van der Waals surface area contributed by atoms with Crippen LogP contribution in [0.5, 0.6) is 0 Å². The molecule has 1 unspecified atom stereocenters. The number of hydrogen-bond donors (Lipinski definition) is 2. The zero-order chi connectivity index (χ0) is 15.8. The average molecular weight is 336 g/mol. The third-order valence-electron chi connectivity index (χ3n) is 2.83. The quantitative estimate of drug-likeness (QED) is 0.801. The predicted octanol–water partition coefficient (Wildman–Crippen LogP) is 0.958. The molecule has 7 nitrogen and oxygen atoms in total. The lowest BCUT2D eigenvalue weighted by Gasteiger charge is -2.32. The molecule has 2 N–H and O–H groups in total. The molecule has 0 fully saturated rings. The van der Waals surface area contributed by atoms with Crippen molar-refractivity contribution in [3.63, 3.8) is 0 Å². The molecule has 0 spiro atoms. The van der Waals surface area contributed by atoms with Crippen LogP contribution in [0.3, 0.4) is 0 Å². The number of halogens is 2. The van der Waals surface area contributed by atoms with Gasteiger partial charge in [-0.1, -0.05) is 11.6 Å². The Morgan fingerprint density at radius 3 is 2.81 bits per heavy atom. The number of nitrogens with zero attached hydrogens (tertiary/aromatic N) is 2. The highest BCUT2D eigenvalue weighted by atomic mass is 35.5. The fraction of sp³-hybridized carbons (Fsp3) is 0.273. The second-order valence-electron chi connectivity index (χ2n) is 4.36. The number of hydrogen-bond acceptors (Lipinski definition) is 5. The van der Waals surface area contributed by atoms with E-state index in [0.29, 0.717) is 0 Å². The first-order valence-electron chi connectivity index (χ1n) is 5.71. The number of carbonyl (C=O) groups is 1. The maximum atomic E-state index is 13.2. The maximum Gasteiger partial charge on any atom is 0.307 e. The lowest BCUT2D eigenvalue weighted by atomic mass is 10.2. The van der Waals surface area contributed by atoms with Gasteiger partial charge in [0.2, 0.25) is 5.50 Å². The minimum Gasteiger partial charge on any atom is -0.296 e. The minimum absolute atomic E-state index is 0.00225. The molecule has 1 aromatic carbocycles. The molecule has 1 amide bonds. The molecule has 1 aliphatic rings. The Bertz CT molecular complexity index is 722. The van der Waals surface area contributed by atoms with Gasteiger partial charge in [0.25, 0.3) is 5.91 Å². The molecular formula is C11H11ClFN3O4S. The van der Waals surface area contributed by atoms with Crippen molar-refractivity contribution >= 4 is 33.3 Å². The largest absolute Gasteiger partial charge is 0.307 e. The van der Waals surface area contributed by atoms with Crippen molar-refractivity contribution in [2.24, 2.45) is 5.10 Å². The summed E-state index contributed by atoms with van der Waals surface area (Å²) in [5.41, 5.74) is 0.612. The van der Waals surface area contributed by atoms with Gasteiger partial charge in [0, 0.05) is 5.02 Å². The fourth-order valence-electron chi connectivity index (χ4n) is 1.81. The van der Waals surface area contributed by atoms with Crippen LogP contribution in [-0.4, -0.2) is 35.0 Å². The minimum atomic E-state index is -4.62. The van der Waals surface area contributed by atoms with E-state index >= 15 is 0 Å². The third-order valence-corrected chi connectivity index (χ3v) is 4.12. The van der Waals surface area contributed by atoms with Gasteiger partial charge in [0.15, 0.2) is 0 Å². The van der Waals surface area contributed by atoms with Crippen molar-refractivity contribution in [3.8, 4) is 0 Å². The lowest BCUT2D eigenvalue weighted by Crippen LogP contribution is -2.56. The average Bonchev–Trinajstić information content (AvgIpc) is 2.38. The van der Waals surface area contributed by atoms with Crippen LogP contribution in [0.1, 0.15) is 12.5 Å². The molecule has 1 heterocycles. The Morgan fingerprint density at radius 1 is 1.52 bits per heavy atom. The van der Waals surface area contributed by atoms with Crippen molar-refractivity contribution in [2.45, 2.75) is 19.0 Å². The van der Waals surface area contributed by atoms with E-state index in [9.17, 15) is 17.6 Å². The van der Waals surface area contributed by atoms with Crippen LogP contribution in [-0.2, 0) is 21.5 Å². The zero-order valence-corrected chi connectivity index (χ0v) is 12.3. The summed E-state index contributed by atoms with van der Waals surface area (Å²) >= 11 is 5.89. The molecule has 0 radical (unpaired) electrons. The molecule has 2 rings (SSSR count). The number of amides is 1. The van der Waals surface area contributed by atoms with Crippen molar-refractivity contribution in [3.05, 3.63) is 34.6 Å². The van der Waals surface area contributed by atoms with E-state index < -0.39 is 27.3 Å². The first-order valence-corrected chi connectivity index (χ1v) is 7.59. The Labute approximate surface area is 125 Å². The first kappa shape index (κ1) is 15.7. The number of hydrazone groups is 1. The molecule has 1 aromatic rings. The van der Waals surface area contributed by atoms with Crippen molar-refractivity contribution < 1.29 is 22.2 Å². The fourth-order valence-corrected chi connectivity index (χ4v) is 2.67. The van der Waals surface area contributed by atoms with Gasteiger partial charge in [-0.25, -0.2) is 4.39 Å². The summed E-state index contributed by atoms with van der Waals surface area (Å²) in [4.78, 5) is 12.8. The number of carbonyl (C=O) groups excluding carboxylic acids is 1. The van der Waals surface area contributed by atoms with Crippen LogP contribution >= 0.6 is 11.6 Å². The van der Waals surface area contributed by atoms with Gasteiger partial charge >= 0.3 is 10.1 Å². The van der Waals surface area contributed by atoms with Crippen LogP contribution in [0.2, 0.25) is 5.02 Å². The van der Waals surface area contributed by atoms with E-state index in [1.54, 1.807) is 0 Å². The number of benzene rings is 1. The number of nitrogens with one attached hydrogen (secondary N) is 1. The van der Waals surface area contributed by atoms with Gasteiger partial charge in [-0.05, 0) is 30.7 Å². The van der Waals surface area contributed by atoms with Gasteiger partial charge in [0.05, 0.1) is 6.54 Å². The van der Waals surface area contributed by atoms with Gasteiger partial charge in [-0.3, -0.25) is 19.7 Å². The highest BCUT2D eigenvalue weighted by Crippen LogP contribution is 2.22. The van der Waals surface area contributed by atoms with Gasteiger partial charge < -0.3 is 0 Å². The highest BCUT2D eigenvalue weighted by Gasteiger charge is 2.37. The number of rotatable bonds is 3. The van der Waals surface area contributed by atoms with E-state index in [4.69, 9.17) is 16.2 Å². The molecule has 21 heavy (non-hydrogen) atoms. The highest BCUT2D eigenvalue weighted by molar-refractivity contribution is 7.86. The summed E-state index contributed by atoms with van der Waals surface area (Å²) in [5.74, 6) is -1.29. The second-order valence-corrected chi connectivity index (χ2v) is 6.25. The van der Waals surface area contributed by atoms with Gasteiger partial charge in [0.1, 0.15) is 11.5 Å². The Kier molecular flexibility index (Phi) is 4.17. The van der Waals surface area contributed by atoms with E-state index in [1.807, 2.05) is 0 Å².